The summed E-state index contributed by atoms with van der Waals surface area (Å²) in [5, 5.41) is 8.15. The van der Waals surface area contributed by atoms with Crippen molar-refractivity contribution in [2.75, 3.05) is 26.7 Å². The molecule has 0 bridgehead atoms. The van der Waals surface area contributed by atoms with Gasteiger partial charge in [-0.05, 0) is 37.8 Å². The highest BCUT2D eigenvalue weighted by molar-refractivity contribution is 7.11. The monoisotopic (exact) mass is 399 g/mol. The fourth-order valence-electron chi connectivity index (χ4n) is 3.73. The molecule has 1 atom stereocenters. The number of guanidine groups is 1. The predicted octanol–water partition coefficient (Wildman–Crippen LogP) is 3.30. The maximum atomic E-state index is 4.61. The summed E-state index contributed by atoms with van der Waals surface area (Å²) < 4.78 is 0. The van der Waals surface area contributed by atoms with Crippen LogP contribution in [0, 0.1) is 13.8 Å². The van der Waals surface area contributed by atoms with Crippen molar-refractivity contribution in [3.8, 4) is 0 Å². The summed E-state index contributed by atoms with van der Waals surface area (Å²) in [6.45, 7) is 10.4. The van der Waals surface area contributed by atoms with Crippen LogP contribution in [0.25, 0.3) is 0 Å². The Labute approximate surface area is 173 Å². The Balaban J connectivity index is 1.46. The van der Waals surface area contributed by atoms with E-state index in [2.05, 4.69) is 70.5 Å². The molecule has 2 aromatic rings. The van der Waals surface area contributed by atoms with Crippen molar-refractivity contribution in [3.05, 3.63) is 51.0 Å². The molecule has 1 aliphatic heterocycles. The van der Waals surface area contributed by atoms with Crippen LogP contribution in [0.5, 0.6) is 0 Å². The van der Waals surface area contributed by atoms with Crippen LogP contribution in [-0.4, -0.2) is 48.6 Å². The number of nitrogens with one attached hydrogen (secondary N) is 2. The number of hydrogen-bond acceptors (Lipinski definition) is 4. The first kappa shape index (κ1) is 20.8. The highest BCUT2D eigenvalue weighted by atomic mass is 32.1. The minimum atomic E-state index is 0.510. The lowest BCUT2D eigenvalue weighted by molar-refractivity contribution is 0.174. The van der Waals surface area contributed by atoms with Gasteiger partial charge in [-0.2, -0.15) is 0 Å². The molecular formula is C22H33N5S. The third kappa shape index (κ3) is 5.32. The highest BCUT2D eigenvalue weighted by Crippen LogP contribution is 2.21. The van der Waals surface area contributed by atoms with Gasteiger partial charge < -0.3 is 10.6 Å². The second kappa shape index (κ2) is 10.0. The topological polar surface area (TPSA) is 52.6 Å². The lowest BCUT2D eigenvalue weighted by atomic mass is 9.98. The van der Waals surface area contributed by atoms with E-state index in [0.717, 1.165) is 57.1 Å². The molecule has 0 saturated heterocycles. The van der Waals surface area contributed by atoms with Gasteiger partial charge in [-0.15, -0.1) is 11.3 Å². The number of hydrogen-bond donors (Lipinski definition) is 2. The molecule has 152 valence electrons. The first-order chi connectivity index (χ1) is 13.6. The molecule has 5 nitrogen and oxygen atoms in total. The zero-order valence-electron chi connectivity index (χ0n) is 17.6. The second-order valence-electron chi connectivity index (χ2n) is 7.43. The van der Waals surface area contributed by atoms with Crippen LogP contribution in [0.15, 0.2) is 29.3 Å². The van der Waals surface area contributed by atoms with Gasteiger partial charge in [-0.25, -0.2) is 4.98 Å². The summed E-state index contributed by atoms with van der Waals surface area (Å²) >= 11 is 1.79. The van der Waals surface area contributed by atoms with Gasteiger partial charge in [0.1, 0.15) is 0 Å². The van der Waals surface area contributed by atoms with Gasteiger partial charge >= 0.3 is 0 Å². The molecule has 2 N–H and O–H groups in total. The molecular weight excluding hydrogens is 366 g/mol. The minimum absolute atomic E-state index is 0.510. The second-order valence-corrected chi connectivity index (χ2v) is 8.72. The number of nitrogens with zero attached hydrogens (tertiary/aromatic N) is 3. The largest absolute Gasteiger partial charge is 0.356 e. The van der Waals surface area contributed by atoms with Crippen LogP contribution in [0.3, 0.4) is 0 Å². The summed E-state index contributed by atoms with van der Waals surface area (Å²) in [6, 6.07) is 9.35. The van der Waals surface area contributed by atoms with Crippen molar-refractivity contribution in [1.82, 2.24) is 20.5 Å². The van der Waals surface area contributed by atoms with Gasteiger partial charge in [0.15, 0.2) is 5.96 Å². The zero-order chi connectivity index (χ0) is 19.9. The van der Waals surface area contributed by atoms with E-state index in [9.17, 15) is 0 Å². The number of aromatic nitrogens is 1. The fraction of sp³-hybridized carbons (Fsp3) is 0.545. The molecule has 1 unspecified atom stereocenters. The van der Waals surface area contributed by atoms with Crippen molar-refractivity contribution in [2.45, 2.75) is 52.6 Å². The Bertz CT molecular complexity index is 778. The third-order valence-corrected chi connectivity index (χ3v) is 6.71. The molecule has 3 rings (SSSR count). The number of aliphatic imine (C=N–C) groups is 1. The van der Waals surface area contributed by atoms with E-state index >= 15 is 0 Å². The summed E-state index contributed by atoms with van der Waals surface area (Å²) in [7, 11) is 1.84. The smallest absolute Gasteiger partial charge is 0.191 e. The number of benzene rings is 1. The molecule has 1 aromatic carbocycles. The van der Waals surface area contributed by atoms with Crippen molar-refractivity contribution in [3.63, 3.8) is 0 Å². The van der Waals surface area contributed by atoms with E-state index in [1.54, 1.807) is 11.3 Å². The van der Waals surface area contributed by atoms with Gasteiger partial charge in [-0.3, -0.25) is 9.89 Å². The zero-order valence-corrected chi connectivity index (χ0v) is 18.4. The number of fused-ring (bicyclic) bond motifs is 1. The molecule has 0 amide bonds. The Morgan fingerprint density at radius 2 is 2.04 bits per heavy atom. The van der Waals surface area contributed by atoms with Gasteiger partial charge in [0.25, 0.3) is 0 Å². The van der Waals surface area contributed by atoms with Crippen LogP contribution < -0.4 is 10.6 Å². The molecule has 0 spiro atoms. The van der Waals surface area contributed by atoms with Crippen LogP contribution >= 0.6 is 11.3 Å². The molecule has 0 aliphatic carbocycles. The highest BCUT2D eigenvalue weighted by Gasteiger charge is 2.22. The Kier molecular flexibility index (Phi) is 7.45. The van der Waals surface area contributed by atoms with Gasteiger partial charge in [-0.1, -0.05) is 31.2 Å². The summed E-state index contributed by atoms with van der Waals surface area (Å²) in [6.07, 6.45) is 3.20. The average molecular weight is 400 g/mol. The molecule has 0 saturated carbocycles. The number of rotatable bonds is 7. The van der Waals surface area contributed by atoms with E-state index in [-0.39, 0.29) is 0 Å². The lowest BCUT2D eigenvalue weighted by Crippen LogP contribution is -2.48. The van der Waals surface area contributed by atoms with Crippen LogP contribution in [0.4, 0.5) is 0 Å². The maximum absolute atomic E-state index is 4.61. The number of aryl methyl sites for hydroxylation is 2. The fourth-order valence-corrected chi connectivity index (χ4v) is 4.66. The normalized spacial score (nSPS) is 15.9. The Hall–Kier alpha value is -1.92. The standard InChI is InChI=1S/C22H33N5S/c1-5-20(27-13-11-18-8-6-7-9-19(18)15-27)14-25-22(23-4)24-12-10-21-26-16(2)17(3)28-21/h6-9,20H,5,10-15H2,1-4H3,(H2,23,24,25). The summed E-state index contributed by atoms with van der Waals surface area (Å²) in [5.41, 5.74) is 4.13. The van der Waals surface area contributed by atoms with Gasteiger partial charge in [0, 0.05) is 50.6 Å². The average Bonchev–Trinajstić information content (AvgIpc) is 3.04. The van der Waals surface area contributed by atoms with Crippen LogP contribution in [-0.2, 0) is 19.4 Å². The molecule has 0 radical (unpaired) electrons. The van der Waals surface area contributed by atoms with Gasteiger partial charge in [0.2, 0.25) is 0 Å². The van der Waals surface area contributed by atoms with Gasteiger partial charge in [0.05, 0.1) is 10.7 Å². The summed E-state index contributed by atoms with van der Waals surface area (Å²) in [4.78, 5) is 12.9. The number of thiazole rings is 1. The molecule has 1 aliphatic rings. The maximum Gasteiger partial charge on any atom is 0.191 e. The Morgan fingerprint density at radius 1 is 1.25 bits per heavy atom. The van der Waals surface area contributed by atoms with E-state index < -0.39 is 0 Å². The van der Waals surface area contributed by atoms with E-state index in [0.29, 0.717) is 6.04 Å². The molecule has 6 heteroatoms. The van der Waals surface area contributed by atoms with Crippen LogP contribution in [0.2, 0.25) is 0 Å². The minimum Gasteiger partial charge on any atom is -0.356 e. The van der Waals surface area contributed by atoms with Crippen molar-refractivity contribution in [1.29, 1.82) is 0 Å². The van der Waals surface area contributed by atoms with E-state index in [4.69, 9.17) is 0 Å². The van der Waals surface area contributed by atoms with Crippen molar-refractivity contribution < 1.29 is 0 Å². The predicted molar refractivity (Wildman–Crippen MR) is 119 cm³/mol. The van der Waals surface area contributed by atoms with Crippen molar-refractivity contribution >= 4 is 17.3 Å². The first-order valence-corrected chi connectivity index (χ1v) is 11.1. The van der Waals surface area contributed by atoms with E-state index in [1.807, 2.05) is 7.05 Å². The first-order valence-electron chi connectivity index (χ1n) is 10.3. The third-order valence-electron chi connectivity index (χ3n) is 5.58. The van der Waals surface area contributed by atoms with Crippen LogP contribution in [0.1, 0.15) is 40.1 Å². The SMILES string of the molecule is CCC(CNC(=NC)NCCc1nc(C)c(C)s1)N1CCc2ccccc2C1. The Morgan fingerprint density at radius 3 is 2.71 bits per heavy atom. The quantitative estimate of drug-likeness (QED) is 0.554. The molecule has 2 heterocycles. The summed E-state index contributed by atoms with van der Waals surface area (Å²) in [5.74, 6) is 0.876. The van der Waals surface area contributed by atoms with E-state index in [1.165, 1.54) is 21.0 Å². The molecule has 0 fully saturated rings. The molecule has 1 aromatic heterocycles. The molecule has 28 heavy (non-hydrogen) atoms. The van der Waals surface area contributed by atoms with Crippen molar-refractivity contribution in [2.24, 2.45) is 4.99 Å². The lowest BCUT2D eigenvalue weighted by Gasteiger charge is -2.35.